The molecule has 0 amide bonds. The van der Waals surface area contributed by atoms with Crippen molar-refractivity contribution < 1.29 is 5.11 Å². The SMILES string of the molecule is NC[C@H](O)Cn1cc(I)cn1. The molecule has 0 aliphatic heterocycles. The van der Waals surface area contributed by atoms with Crippen molar-refractivity contribution in [3.8, 4) is 0 Å². The Hall–Kier alpha value is -0.140. The van der Waals surface area contributed by atoms with Crippen LogP contribution in [0.15, 0.2) is 12.4 Å². The van der Waals surface area contributed by atoms with E-state index in [4.69, 9.17) is 10.8 Å². The second-order valence-corrected chi connectivity index (χ2v) is 3.52. The highest BCUT2D eigenvalue weighted by molar-refractivity contribution is 14.1. The first-order valence-electron chi connectivity index (χ1n) is 3.28. The molecule has 1 heterocycles. The molecule has 0 bridgehead atoms. The summed E-state index contributed by atoms with van der Waals surface area (Å²) in [5.41, 5.74) is 5.23. The number of aromatic nitrogens is 2. The lowest BCUT2D eigenvalue weighted by Gasteiger charge is -2.06. The molecule has 5 heteroatoms. The van der Waals surface area contributed by atoms with Gasteiger partial charge in [-0.15, -0.1) is 0 Å². The molecule has 4 nitrogen and oxygen atoms in total. The summed E-state index contributed by atoms with van der Waals surface area (Å²) in [5.74, 6) is 0. The number of rotatable bonds is 3. The molecule has 1 rings (SSSR count). The van der Waals surface area contributed by atoms with E-state index in [-0.39, 0.29) is 6.54 Å². The van der Waals surface area contributed by atoms with Gasteiger partial charge in [-0.3, -0.25) is 4.68 Å². The molecular formula is C6H10IN3O. The molecule has 0 aliphatic rings. The van der Waals surface area contributed by atoms with E-state index in [1.807, 2.05) is 6.20 Å². The maximum absolute atomic E-state index is 9.13. The zero-order valence-electron chi connectivity index (χ0n) is 5.94. The summed E-state index contributed by atoms with van der Waals surface area (Å²) >= 11 is 2.16. The largest absolute Gasteiger partial charge is 0.390 e. The Morgan fingerprint density at radius 1 is 1.82 bits per heavy atom. The Morgan fingerprint density at radius 2 is 2.55 bits per heavy atom. The van der Waals surface area contributed by atoms with E-state index in [1.54, 1.807) is 10.9 Å². The van der Waals surface area contributed by atoms with Gasteiger partial charge >= 0.3 is 0 Å². The van der Waals surface area contributed by atoms with E-state index in [0.29, 0.717) is 6.54 Å². The topological polar surface area (TPSA) is 64.1 Å². The minimum absolute atomic E-state index is 0.274. The number of nitrogens with two attached hydrogens (primary N) is 1. The Kier molecular flexibility index (Phi) is 3.28. The molecule has 0 aliphatic carbocycles. The highest BCUT2D eigenvalue weighted by Crippen LogP contribution is 2.01. The fourth-order valence-electron chi connectivity index (χ4n) is 0.729. The second kappa shape index (κ2) is 4.03. The van der Waals surface area contributed by atoms with Crippen LogP contribution in [0.5, 0.6) is 0 Å². The molecule has 1 aromatic heterocycles. The van der Waals surface area contributed by atoms with Gasteiger partial charge in [0, 0.05) is 12.7 Å². The third-order valence-electron chi connectivity index (χ3n) is 1.27. The number of hydrogen-bond donors (Lipinski definition) is 2. The summed E-state index contributed by atoms with van der Waals surface area (Å²) in [6.45, 7) is 0.746. The summed E-state index contributed by atoms with van der Waals surface area (Å²) in [5, 5.41) is 13.1. The third-order valence-corrected chi connectivity index (χ3v) is 1.83. The highest BCUT2D eigenvalue weighted by atomic mass is 127. The van der Waals surface area contributed by atoms with Crippen molar-refractivity contribution in [3.63, 3.8) is 0 Å². The van der Waals surface area contributed by atoms with E-state index in [1.165, 1.54) is 0 Å². The predicted molar refractivity (Wildman–Crippen MR) is 50.0 cm³/mol. The molecular weight excluding hydrogens is 257 g/mol. The van der Waals surface area contributed by atoms with Crippen molar-refractivity contribution in [1.82, 2.24) is 9.78 Å². The van der Waals surface area contributed by atoms with Crippen LogP contribution >= 0.6 is 22.6 Å². The lowest BCUT2D eigenvalue weighted by Crippen LogP contribution is -2.25. The first-order valence-corrected chi connectivity index (χ1v) is 4.36. The van der Waals surface area contributed by atoms with Crippen LogP contribution < -0.4 is 5.73 Å². The monoisotopic (exact) mass is 267 g/mol. The Balaban J connectivity index is 2.50. The summed E-state index contributed by atoms with van der Waals surface area (Å²) in [4.78, 5) is 0. The van der Waals surface area contributed by atoms with Crippen LogP contribution in [0.1, 0.15) is 0 Å². The minimum atomic E-state index is -0.495. The first kappa shape index (κ1) is 8.95. The number of hydrogen-bond acceptors (Lipinski definition) is 3. The van der Waals surface area contributed by atoms with Crippen molar-refractivity contribution >= 4 is 22.6 Å². The highest BCUT2D eigenvalue weighted by Gasteiger charge is 2.02. The lowest BCUT2D eigenvalue weighted by atomic mass is 10.4. The molecule has 11 heavy (non-hydrogen) atoms. The standard InChI is InChI=1S/C6H10IN3O/c7-5-2-9-10(3-5)4-6(11)1-8/h2-3,6,11H,1,4,8H2/t6-/m0/s1. The Labute approximate surface area is 78.5 Å². The van der Waals surface area contributed by atoms with Gasteiger partial charge in [0.05, 0.1) is 22.4 Å². The average Bonchev–Trinajstić information content (AvgIpc) is 2.35. The molecule has 0 saturated heterocycles. The predicted octanol–water partition coefficient (Wildman–Crippen LogP) is -0.193. The zero-order chi connectivity index (χ0) is 8.27. The maximum atomic E-state index is 9.13. The van der Waals surface area contributed by atoms with Gasteiger partial charge in [0.15, 0.2) is 0 Å². The first-order chi connectivity index (χ1) is 5.22. The van der Waals surface area contributed by atoms with Gasteiger partial charge in [0.1, 0.15) is 0 Å². The Bertz CT molecular complexity index is 225. The van der Waals surface area contributed by atoms with Crippen LogP contribution in [0, 0.1) is 3.57 Å². The van der Waals surface area contributed by atoms with Crippen molar-refractivity contribution in [2.45, 2.75) is 12.6 Å². The van der Waals surface area contributed by atoms with E-state index in [9.17, 15) is 0 Å². The molecule has 1 aromatic rings. The summed E-state index contributed by atoms with van der Waals surface area (Å²) < 4.78 is 2.74. The van der Waals surface area contributed by atoms with Gasteiger partial charge in [-0.2, -0.15) is 5.10 Å². The van der Waals surface area contributed by atoms with Crippen molar-refractivity contribution in [1.29, 1.82) is 0 Å². The molecule has 3 N–H and O–H groups in total. The van der Waals surface area contributed by atoms with Gasteiger partial charge in [-0.05, 0) is 22.6 Å². The van der Waals surface area contributed by atoms with E-state index < -0.39 is 6.10 Å². The molecule has 1 atom stereocenters. The number of halogens is 1. The number of nitrogens with zero attached hydrogens (tertiary/aromatic N) is 2. The molecule has 0 fully saturated rings. The molecule has 0 spiro atoms. The normalized spacial score (nSPS) is 13.4. The lowest BCUT2D eigenvalue weighted by molar-refractivity contribution is 0.157. The van der Waals surface area contributed by atoms with Crippen LogP contribution in [-0.4, -0.2) is 27.5 Å². The van der Waals surface area contributed by atoms with Crippen molar-refractivity contribution in [3.05, 3.63) is 16.0 Å². The van der Waals surface area contributed by atoms with Crippen LogP contribution in [0.2, 0.25) is 0 Å². The second-order valence-electron chi connectivity index (χ2n) is 2.27. The van der Waals surface area contributed by atoms with E-state index >= 15 is 0 Å². The molecule has 0 saturated carbocycles. The van der Waals surface area contributed by atoms with E-state index in [0.717, 1.165) is 3.57 Å². The summed E-state index contributed by atoms with van der Waals surface area (Å²) in [7, 11) is 0. The molecule has 0 aromatic carbocycles. The van der Waals surface area contributed by atoms with Crippen molar-refractivity contribution in [2.24, 2.45) is 5.73 Å². The molecule has 0 unspecified atom stereocenters. The zero-order valence-corrected chi connectivity index (χ0v) is 8.10. The van der Waals surface area contributed by atoms with E-state index in [2.05, 4.69) is 27.7 Å². The van der Waals surface area contributed by atoms with Gasteiger partial charge in [-0.1, -0.05) is 0 Å². The molecule has 62 valence electrons. The summed E-state index contributed by atoms with van der Waals surface area (Å²) in [6, 6.07) is 0. The van der Waals surface area contributed by atoms with Gasteiger partial charge < -0.3 is 10.8 Å². The molecule has 0 radical (unpaired) electrons. The van der Waals surface area contributed by atoms with Crippen molar-refractivity contribution in [2.75, 3.05) is 6.54 Å². The van der Waals surface area contributed by atoms with Gasteiger partial charge in [0.25, 0.3) is 0 Å². The van der Waals surface area contributed by atoms with Crippen LogP contribution in [0.4, 0.5) is 0 Å². The number of aliphatic hydroxyl groups is 1. The summed E-state index contributed by atoms with van der Waals surface area (Å²) in [6.07, 6.45) is 3.11. The smallest absolute Gasteiger partial charge is 0.0857 e. The Morgan fingerprint density at radius 3 is 3.00 bits per heavy atom. The van der Waals surface area contributed by atoms with Crippen LogP contribution in [-0.2, 0) is 6.54 Å². The number of aliphatic hydroxyl groups excluding tert-OH is 1. The average molecular weight is 267 g/mol. The maximum Gasteiger partial charge on any atom is 0.0857 e. The quantitative estimate of drug-likeness (QED) is 0.746. The minimum Gasteiger partial charge on any atom is -0.390 e. The van der Waals surface area contributed by atoms with Gasteiger partial charge in [-0.25, -0.2) is 0 Å². The van der Waals surface area contributed by atoms with Crippen LogP contribution in [0.25, 0.3) is 0 Å². The van der Waals surface area contributed by atoms with Crippen LogP contribution in [0.3, 0.4) is 0 Å². The fraction of sp³-hybridized carbons (Fsp3) is 0.500. The third kappa shape index (κ3) is 2.76. The van der Waals surface area contributed by atoms with Gasteiger partial charge in [0.2, 0.25) is 0 Å². The fourth-order valence-corrected chi connectivity index (χ4v) is 1.17.